The van der Waals surface area contributed by atoms with Crippen LogP contribution < -0.4 is 4.72 Å². The molecule has 19 heavy (non-hydrogen) atoms. The van der Waals surface area contributed by atoms with Gasteiger partial charge in [0.2, 0.25) is 10.0 Å². The predicted molar refractivity (Wildman–Crippen MR) is 72.2 cm³/mol. The van der Waals surface area contributed by atoms with Gasteiger partial charge in [-0.05, 0) is 32.4 Å². The molecule has 0 aliphatic carbocycles. The Labute approximate surface area is 114 Å². The van der Waals surface area contributed by atoms with E-state index < -0.39 is 10.0 Å². The van der Waals surface area contributed by atoms with Crippen LogP contribution in [0.25, 0.3) is 0 Å². The quantitative estimate of drug-likeness (QED) is 0.610. The molecule has 0 amide bonds. The molecule has 0 saturated heterocycles. The highest BCUT2D eigenvalue weighted by Gasteiger charge is 2.13. The summed E-state index contributed by atoms with van der Waals surface area (Å²) in [5, 5.41) is 0. The summed E-state index contributed by atoms with van der Waals surface area (Å²) in [5.41, 5.74) is 1.00. The van der Waals surface area contributed by atoms with E-state index in [2.05, 4.69) is 4.72 Å². The number of carbonyl (C=O) groups is 1. The maximum absolute atomic E-state index is 11.9. The Balaban J connectivity index is 2.43. The molecule has 6 heteroatoms. The minimum atomic E-state index is -3.49. The van der Waals surface area contributed by atoms with E-state index in [1.165, 1.54) is 0 Å². The number of sulfonamides is 1. The highest BCUT2D eigenvalue weighted by Crippen LogP contribution is 2.09. The molecule has 0 fully saturated rings. The van der Waals surface area contributed by atoms with Gasteiger partial charge in [0, 0.05) is 13.0 Å². The minimum Gasteiger partial charge on any atom is -0.466 e. The molecule has 5 nitrogen and oxygen atoms in total. The Kier molecular flexibility index (Phi) is 5.98. The van der Waals surface area contributed by atoms with Crippen LogP contribution in [0.2, 0.25) is 0 Å². The van der Waals surface area contributed by atoms with Gasteiger partial charge < -0.3 is 4.74 Å². The van der Waals surface area contributed by atoms with Gasteiger partial charge in [-0.25, -0.2) is 13.1 Å². The van der Waals surface area contributed by atoms with Gasteiger partial charge in [0.25, 0.3) is 0 Å². The van der Waals surface area contributed by atoms with Crippen molar-refractivity contribution in [3.63, 3.8) is 0 Å². The summed E-state index contributed by atoms with van der Waals surface area (Å²) < 4.78 is 31.0. The molecule has 0 aromatic heterocycles. The molecule has 1 N–H and O–H groups in total. The van der Waals surface area contributed by atoms with Gasteiger partial charge in [0.1, 0.15) is 0 Å². The van der Waals surface area contributed by atoms with Crippen molar-refractivity contribution in [2.24, 2.45) is 0 Å². The van der Waals surface area contributed by atoms with Crippen molar-refractivity contribution in [1.29, 1.82) is 0 Å². The molecule has 0 bridgehead atoms. The number of aryl methyl sites for hydroxylation is 1. The summed E-state index contributed by atoms with van der Waals surface area (Å²) in [5.74, 6) is -0.308. The third-order valence-electron chi connectivity index (χ3n) is 2.49. The number of carbonyl (C=O) groups excluding carboxylic acids is 1. The number of nitrogens with one attached hydrogen (secondary N) is 1. The topological polar surface area (TPSA) is 72.5 Å². The van der Waals surface area contributed by atoms with Gasteiger partial charge in [-0.15, -0.1) is 0 Å². The van der Waals surface area contributed by atoms with Crippen molar-refractivity contribution in [3.8, 4) is 0 Å². The Morgan fingerprint density at radius 1 is 1.26 bits per heavy atom. The first-order valence-corrected chi connectivity index (χ1v) is 7.66. The number of benzene rings is 1. The summed E-state index contributed by atoms with van der Waals surface area (Å²) in [6.07, 6.45) is 0.633. The minimum absolute atomic E-state index is 0.213. The molecule has 0 aliphatic heterocycles. The largest absolute Gasteiger partial charge is 0.466 e. The van der Waals surface area contributed by atoms with E-state index in [0.29, 0.717) is 13.0 Å². The van der Waals surface area contributed by atoms with Crippen LogP contribution in [-0.2, 0) is 19.6 Å². The van der Waals surface area contributed by atoms with E-state index in [0.717, 1.165) is 5.56 Å². The number of rotatable bonds is 7. The maximum atomic E-state index is 11.9. The number of hydrogen-bond donors (Lipinski definition) is 1. The third-order valence-corrected chi connectivity index (χ3v) is 3.96. The van der Waals surface area contributed by atoms with Crippen molar-refractivity contribution in [2.45, 2.75) is 31.6 Å². The van der Waals surface area contributed by atoms with Crippen molar-refractivity contribution < 1.29 is 17.9 Å². The Hall–Kier alpha value is -1.40. The Bertz CT molecular complexity index is 508. The second-order valence-corrected chi connectivity index (χ2v) is 5.89. The summed E-state index contributed by atoms with van der Waals surface area (Å²) in [7, 11) is -3.49. The first-order chi connectivity index (χ1) is 8.95. The Morgan fingerprint density at radius 2 is 1.89 bits per heavy atom. The van der Waals surface area contributed by atoms with E-state index in [9.17, 15) is 13.2 Å². The monoisotopic (exact) mass is 285 g/mol. The van der Waals surface area contributed by atoms with Crippen LogP contribution in [0.4, 0.5) is 0 Å². The lowest BCUT2D eigenvalue weighted by Crippen LogP contribution is -2.25. The van der Waals surface area contributed by atoms with Crippen molar-refractivity contribution >= 4 is 16.0 Å². The molecule has 0 radical (unpaired) electrons. The number of hydrogen-bond acceptors (Lipinski definition) is 4. The van der Waals surface area contributed by atoms with Crippen LogP contribution in [0.15, 0.2) is 29.2 Å². The lowest BCUT2D eigenvalue weighted by Gasteiger charge is -2.07. The fourth-order valence-corrected chi connectivity index (χ4v) is 2.55. The normalized spacial score (nSPS) is 11.3. The molecule has 0 saturated carbocycles. The number of ether oxygens (including phenoxy) is 1. The maximum Gasteiger partial charge on any atom is 0.305 e. The van der Waals surface area contributed by atoms with Crippen molar-refractivity contribution in [3.05, 3.63) is 29.8 Å². The SMILES string of the molecule is CCOC(=O)CCCNS(=O)(=O)c1ccc(C)cc1. The average Bonchev–Trinajstić information content (AvgIpc) is 2.36. The fourth-order valence-electron chi connectivity index (χ4n) is 1.47. The third kappa shape index (κ3) is 5.40. The lowest BCUT2D eigenvalue weighted by atomic mass is 10.2. The molecule has 1 rings (SSSR count). The molecule has 0 aliphatic rings. The molecule has 0 spiro atoms. The molecule has 1 aromatic rings. The van der Waals surface area contributed by atoms with Gasteiger partial charge in [0.15, 0.2) is 0 Å². The lowest BCUT2D eigenvalue weighted by molar-refractivity contribution is -0.143. The van der Waals surface area contributed by atoms with E-state index >= 15 is 0 Å². The number of esters is 1. The van der Waals surface area contributed by atoms with Gasteiger partial charge in [-0.2, -0.15) is 0 Å². The average molecular weight is 285 g/mol. The molecule has 0 heterocycles. The smallest absolute Gasteiger partial charge is 0.305 e. The molecular weight excluding hydrogens is 266 g/mol. The van der Waals surface area contributed by atoms with Crippen LogP contribution in [0.1, 0.15) is 25.3 Å². The highest BCUT2D eigenvalue weighted by molar-refractivity contribution is 7.89. The summed E-state index contributed by atoms with van der Waals surface area (Å²) in [6, 6.07) is 6.60. The highest BCUT2D eigenvalue weighted by atomic mass is 32.2. The first-order valence-electron chi connectivity index (χ1n) is 6.17. The Morgan fingerprint density at radius 3 is 2.47 bits per heavy atom. The zero-order valence-corrected chi connectivity index (χ0v) is 12.0. The van der Waals surface area contributed by atoms with Crippen LogP contribution in [-0.4, -0.2) is 27.5 Å². The van der Waals surface area contributed by atoms with Gasteiger partial charge in [-0.3, -0.25) is 4.79 Å². The van der Waals surface area contributed by atoms with E-state index in [1.54, 1.807) is 31.2 Å². The van der Waals surface area contributed by atoms with Gasteiger partial charge in [-0.1, -0.05) is 17.7 Å². The van der Waals surface area contributed by atoms with Gasteiger partial charge >= 0.3 is 5.97 Å². The molecule has 106 valence electrons. The van der Waals surface area contributed by atoms with Gasteiger partial charge in [0.05, 0.1) is 11.5 Å². The van der Waals surface area contributed by atoms with Crippen LogP contribution >= 0.6 is 0 Å². The molecule has 1 aromatic carbocycles. The second-order valence-electron chi connectivity index (χ2n) is 4.12. The van der Waals surface area contributed by atoms with E-state index in [4.69, 9.17) is 4.74 Å². The zero-order valence-electron chi connectivity index (χ0n) is 11.2. The summed E-state index contributed by atoms with van der Waals surface area (Å²) in [6.45, 7) is 4.18. The van der Waals surface area contributed by atoms with Crippen LogP contribution in [0.5, 0.6) is 0 Å². The van der Waals surface area contributed by atoms with Crippen molar-refractivity contribution in [1.82, 2.24) is 4.72 Å². The fraction of sp³-hybridized carbons (Fsp3) is 0.462. The van der Waals surface area contributed by atoms with Crippen LogP contribution in [0, 0.1) is 6.92 Å². The molecule has 0 unspecified atom stereocenters. The molecule has 0 atom stereocenters. The summed E-state index contributed by atoms with van der Waals surface area (Å²) >= 11 is 0. The zero-order chi connectivity index (χ0) is 14.3. The van der Waals surface area contributed by atoms with E-state index in [-0.39, 0.29) is 23.8 Å². The van der Waals surface area contributed by atoms with Crippen LogP contribution in [0.3, 0.4) is 0 Å². The van der Waals surface area contributed by atoms with E-state index in [1.807, 2.05) is 6.92 Å². The molecular formula is C13H19NO4S. The van der Waals surface area contributed by atoms with Crippen molar-refractivity contribution in [2.75, 3.05) is 13.2 Å². The first kappa shape index (κ1) is 15.7. The summed E-state index contributed by atoms with van der Waals surface area (Å²) in [4.78, 5) is 11.3. The predicted octanol–water partition coefficient (Wildman–Crippen LogP) is 1.62. The standard InChI is InChI=1S/C13H19NO4S/c1-3-18-13(15)5-4-10-14-19(16,17)12-8-6-11(2)7-9-12/h6-9,14H,3-5,10H2,1-2H3. The second kappa shape index (κ2) is 7.25.